The molecular weight excluding hydrogens is 355 g/mol. The molecule has 3 rings (SSSR count). The zero-order chi connectivity index (χ0) is 18.7. The molecule has 3 atom stereocenters. The summed E-state index contributed by atoms with van der Waals surface area (Å²) in [6.07, 6.45) is 7.31. The van der Waals surface area contributed by atoms with Gasteiger partial charge in [0, 0.05) is 18.1 Å². The zero-order valence-electron chi connectivity index (χ0n) is 15.2. The van der Waals surface area contributed by atoms with Crippen LogP contribution in [0.15, 0.2) is 24.3 Å². The molecule has 1 aromatic rings. The Balaban J connectivity index is 1.45. The van der Waals surface area contributed by atoms with Gasteiger partial charge in [0.1, 0.15) is 5.82 Å². The van der Waals surface area contributed by atoms with Gasteiger partial charge in [-0.1, -0.05) is 12.1 Å². The first-order valence-electron chi connectivity index (χ1n) is 9.47. The van der Waals surface area contributed by atoms with E-state index in [1.54, 1.807) is 12.1 Å². The molecule has 1 saturated heterocycles. The fraction of sp³-hybridized carbons (Fsp3) is 0.684. The number of hydrogen-bond donors (Lipinski definition) is 3. The van der Waals surface area contributed by atoms with Crippen molar-refractivity contribution in [1.82, 2.24) is 10.0 Å². The molecule has 0 amide bonds. The van der Waals surface area contributed by atoms with Gasteiger partial charge in [0.25, 0.3) is 0 Å². The molecule has 0 aromatic heterocycles. The summed E-state index contributed by atoms with van der Waals surface area (Å²) in [5.41, 5.74) is 0.621. The SMILES string of the molecule is CS(=O)(=O)NC1CCC(C[C@@H]2CC[C@H]([C@@H](O)c3cccc(F)c3)N2)CC1. The second-order valence-electron chi connectivity index (χ2n) is 7.89. The normalized spacial score (nSPS) is 31.0. The third kappa shape index (κ3) is 5.49. The van der Waals surface area contributed by atoms with Crippen molar-refractivity contribution in [3.8, 4) is 0 Å². The van der Waals surface area contributed by atoms with Crippen molar-refractivity contribution in [2.24, 2.45) is 5.92 Å². The van der Waals surface area contributed by atoms with Crippen LogP contribution in [-0.2, 0) is 10.0 Å². The van der Waals surface area contributed by atoms with Gasteiger partial charge in [0.05, 0.1) is 12.4 Å². The number of halogens is 1. The average Bonchev–Trinajstić information content (AvgIpc) is 3.03. The molecule has 1 saturated carbocycles. The summed E-state index contributed by atoms with van der Waals surface area (Å²) in [6, 6.07) is 6.58. The lowest BCUT2D eigenvalue weighted by Gasteiger charge is -2.30. The Morgan fingerprint density at radius 2 is 1.96 bits per heavy atom. The highest BCUT2D eigenvalue weighted by Crippen LogP contribution is 2.33. The third-order valence-electron chi connectivity index (χ3n) is 5.69. The Labute approximate surface area is 155 Å². The molecule has 0 radical (unpaired) electrons. The van der Waals surface area contributed by atoms with Crippen LogP contribution in [0.4, 0.5) is 4.39 Å². The Morgan fingerprint density at radius 3 is 2.62 bits per heavy atom. The minimum absolute atomic E-state index is 0.0370. The van der Waals surface area contributed by atoms with Gasteiger partial charge in [0.15, 0.2) is 0 Å². The molecule has 1 aliphatic heterocycles. The summed E-state index contributed by atoms with van der Waals surface area (Å²) in [6.45, 7) is 0. The van der Waals surface area contributed by atoms with Gasteiger partial charge in [-0.05, 0) is 68.6 Å². The van der Waals surface area contributed by atoms with Gasteiger partial charge in [0.2, 0.25) is 10.0 Å². The molecule has 0 unspecified atom stereocenters. The van der Waals surface area contributed by atoms with Gasteiger partial charge in [-0.15, -0.1) is 0 Å². The molecule has 1 aliphatic carbocycles. The highest BCUT2D eigenvalue weighted by molar-refractivity contribution is 7.88. The monoisotopic (exact) mass is 384 g/mol. The minimum atomic E-state index is -3.13. The Morgan fingerprint density at radius 1 is 1.23 bits per heavy atom. The van der Waals surface area contributed by atoms with Crippen LogP contribution in [0.5, 0.6) is 0 Å². The molecule has 0 bridgehead atoms. The van der Waals surface area contributed by atoms with Crippen molar-refractivity contribution in [3.05, 3.63) is 35.6 Å². The van der Waals surface area contributed by atoms with E-state index in [0.717, 1.165) is 44.9 Å². The highest BCUT2D eigenvalue weighted by Gasteiger charge is 2.32. The van der Waals surface area contributed by atoms with Crippen LogP contribution in [0, 0.1) is 11.7 Å². The number of hydrogen-bond acceptors (Lipinski definition) is 4. The Bertz CT molecular complexity index is 704. The first-order valence-corrected chi connectivity index (χ1v) is 11.4. The molecule has 5 nitrogen and oxygen atoms in total. The summed E-state index contributed by atoms with van der Waals surface area (Å²) >= 11 is 0. The standard InChI is InChI=1S/C19H29FN2O3S/c1-26(24,25)22-16-7-5-13(6-8-16)11-17-9-10-18(21-17)19(23)14-3-2-4-15(20)12-14/h2-4,12-13,16-19,21-23H,5-11H2,1H3/t13?,16?,17-,18+,19-/m0/s1. The quantitative estimate of drug-likeness (QED) is 0.704. The number of nitrogens with one attached hydrogen (secondary N) is 2. The predicted molar refractivity (Wildman–Crippen MR) is 99.6 cm³/mol. The van der Waals surface area contributed by atoms with E-state index in [1.165, 1.54) is 18.4 Å². The van der Waals surface area contributed by atoms with E-state index in [2.05, 4.69) is 10.0 Å². The van der Waals surface area contributed by atoms with Crippen LogP contribution in [0.1, 0.15) is 56.6 Å². The zero-order valence-corrected chi connectivity index (χ0v) is 16.0. The minimum Gasteiger partial charge on any atom is -0.387 e. The van der Waals surface area contributed by atoms with Gasteiger partial charge in [-0.25, -0.2) is 17.5 Å². The topological polar surface area (TPSA) is 78.4 Å². The van der Waals surface area contributed by atoms with E-state index in [1.807, 2.05) is 0 Å². The smallest absolute Gasteiger partial charge is 0.208 e. The average molecular weight is 385 g/mol. The van der Waals surface area contributed by atoms with Gasteiger partial charge < -0.3 is 10.4 Å². The van der Waals surface area contributed by atoms with Crippen LogP contribution in [-0.4, -0.2) is 37.9 Å². The van der Waals surface area contributed by atoms with E-state index >= 15 is 0 Å². The number of benzene rings is 1. The summed E-state index contributed by atoms with van der Waals surface area (Å²) < 4.78 is 38.7. The molecular formula is C19H29FN2O3S. The van der Waals surface area contributed by atoms with E-state index in [4.69, 9.17) is 0 Å². The number of rotatable bonds is 6. The molecule has 146 valence electrons. The lowest BCUT2D eigenvalue weighted by molar-refractivity contribution is 0.133. The Kier molecular flexibility index (Phi) is 6.33. The molecule has 0 spiro atoms. The number of aliphatic hydroxyl groups is 1. The molecule has 2 fully saturated rings. The van der Waals surface area contributed by atoms with E-state index in [-0.39, 0.29) is 17.9 Å². The second-order valence-corrected chi connectivity index (χ2v) is 9.67. The summed E-state index contributed by atoms with van der Waals surface area (Å²) in [5, 5.41) is 14.0. The first-order chi connectivity index (χ1) is 12.3. The molecule has 3 N–H and O–H groups in total. The predicted octanol–water partition coefficient (Wildman–Crippen LogP) is 2.48. The fourth-order valence-corrected chi connectivity index (χ4v) is 5.27. The first kappa shape index (κ1) is 19.7. The molecule has 2 aliphatic rings. The third-order valence-corrected chi connectivity index (χ3v) is 6.45. The maximum Gasteiger partial charge on any atom is 0.208 e. The molecule has 1 heterocycles. The Hall–Kier alpha value is -1.02. The second kappa shape index (κ2) is 8.33. The van der Waals surface area contributed by atoms with Crippen LogP contribution < -0.4 is 10.0 Å². The summed E-state index contributed by atoms with van der Waals surface area (Å²) in [7, 11) is -3.13. The molecule has 26 heavy (non-hydrogen) atoms. The van der Waals surface area contributed by atoms with Crippen LogP contribution in [0.25, 0.3) is 0 Å². The van der Waals surface area contributed by atoms with Crippen molar-refractivity contribution in [2.75, 3.05) is 6.26 Å². The van der Waals surface area contributed by atoms with Gasteiger partial charge in [-0.2, -0.15) is 0 Å². The maximum absolute atomic E-state index is 13.4. The van der Waals surface area contributed by atoms with Crippen LogP contribution in [0.2, 0.25) is 0 Å². The maximum atomic E-state index is 13.4. The van der Waals surface area contributed by atoms with Crippen molar-refractivity contribution in [2.45, 2.75) is 69.2 Å². The van der Waals surface area contributed by atoms with Crippen molar-refractivity contribution in [3.63, 3.8) is 0 Å². The van der Waals surface area contributed by atoms with E-state index in [0.29, 0.717) is 17.5 Å². The van der Waals surface area contributed by atoms with Gasteiger partial charge in [-0.3, -0.25) is 0 Å². The molecule has 7 heteroatoms. The van der Waals surface area contributed by atoms with E-state index in [9.17, 15) is 17.9 Å². The summed E-state index contributed by atoms with van der Waals surface area (Å²) in [4.78, 5) is 0. The lowest BCUT2D eigenvalue weighted by Crippen LogP contribution is -2.39. The lowest BCUT2D eigenvalue weighted by atomic mass is 9.82. The fourth-order valence-electron chi connectivity index (χ4n) is 4.43. The van der Waals surface area contributed by atoms with Crippen LogP contribution >= 0.6 is 0 Å². The van der Waals surface area contributed by atoms with E-state index < -0.39 is 16.1 Å². The number of aliphatic hydroxyl groups excluding tert-OH is 1. The van der Waals surface area contributed by atoms with Crippen molar-refractivity contribution >= 4 is 10.0 Å². The van der Waals surface area contributed by atoms with Gasteiger partial charge >= 0.3 is 0 Å². The largest absolute Gasteiger partial charge is 0.387 e. The number of sulfonamides is 1. The highest BCUT2D eigenvalue weighted by atomic mass is 32.2. The van der Waals surface area contributed by atoms with Crippen molar-refractivity contribution < 1.29 is 17.9 Å². The van der Waals surface area contributed by atoms with Crippen molar-refractivity contribution in [1.29, 1.82) is 0 Å². The summed E-state index contributed by atoms with van der Waals surface area (Å²) in [5.74, 6) is 0.269. The molecule has 1 aromatic carbocycles. The van der Waals surface area contributed by atoms with Crippen LogP contribution in [0.3, 0.4) is 0 Å².